The van der Waals surface area contributed by atoms with Gasteiger partial charge < -0.3 is 5.32 Å². The van der Waals surface area contributed by atoms with Crippen molar-refractivity contribution in [3.05, 3.63) is 29.8 Å². The van der Waals surface area contributed by atoms with Crippen LogP contribution in [-0.4, -0.2) is 38.0 Å². The summed E-state index contributed by atoms with van der Waals surface area (Å²) in [6.07, 6.45) is 1.32. The summed E-state index contributed by atoms with van der Waals surface area (Å²) in [5, 5.41) is 2.81. The maximum absolute atomic E-state index is 12.0. The topological polar surface area (TPSA) is 66.5 Å². The largest absolute Gasteiger partial charge is 0.326 e. The highest BCUT2D eigenvalue weighted by atomic mass is 32.2. The fourth-order valence-corrected chi connectivity index (χ4v) is 3.19. The van der Waals surface area contributed by atoms with Gasteiger partial charge in [0.1, 0.15) is 0 Å². The third-order valence-electron chi connectivity index (χ3n) is 3.49. The van der Waals surface area contributed by atoms with Crippen LogP contribution in [0.25, 0.3) is 0 Å². The first-order chi connectivity index (χ1) is 10.6. The van der Waals surface area contributed by atoms with Gasteiger partial charge in [-0.1, -0.05) is 39.8 Å². The summed E-state index contributed by atoms with van der Waals surface area (Å²) < 4.78 is 24.8. The Kier molecular flexibility index (Phi) is 7.22. The molecular formula is C17H28N2O3S. The van der Waals surface area contributed by atoms with Crippen LogP contribution in [0.4, 0.5) is 5.69 Å². The Morgan fingerprint density at radius 3 is 2.13 bits per heavy atom. The van der Waals surface area contributed by atoms with Gasteiger partial charge in [-0.15, -0.1) is 0 Å². The van der Waals surface area contributed by atoms with Crippen molar-refractivity contribution >= 4 is 21.6 Å². The third kappa shape index (κ3) is 7.14. The van der Waals surface area contributed by atoms with Crippen LogP contribution in [0, 0.1) is 5.92 Å². The summed E-state index contributed by atoms with van der Waals surface area (Å²) in [5.74, 6) is 0.482. The SMILES string of the molecule is CC(C)CN(CCC(=O)Nc1ccc(C(C)C)cc1)S(C)(=O)=O. The first-order valence-corrected chi connectivity index (χ1v) is 9.79. The Labute approximate surface area is 140 Å². The molecule has 0 bridgehead atoms. The zero-order chi connectivity index (χ0) is 17.6. The van der Waals surface area contributed by atoms with Gasteiger partial charge in [-0.05, 0) is 29.5 Å². The summed E-state index contributed by atoms with van der Waals surface area (Å²) in [5.41, 5.74) is 1.94. The molecule has 6 heteroatoms. The lowest BCUT2D eigenvalue weighted by Gasteiger charge is -2.21. The highest BCUT2D eigenvalue weighted by Crippen LogP contribution is 2.17. The van der Waals surface area contributed by atoms with Crippen molar-refractivity contribution < 1.29 is 13.2 Å². The van der Waals surface area contributed by atoms with Crippen LogP contribution < -0.4 is 5.32 Å². The van der Waals surface area contributed by atoms with Crippen molar-refractivity contribution in [1.82, 2.24) is 4.31 Å². The van der Waals surface area contributed by atoms with Gasteiger partial charge in [0.05, 0.1) is 6.26 Å². The van der Waals surface area contributed by atoms with Crippen LogP contribution in [-0.2, 0) is 14.8 Å². The fraction of sp³-hybridized carbons (Fsp3) is 0.588. The molecule has 1 rings (SSSR count). The van der Waals surface area contributed by atoms with Crippen LogP contribution >= 0.6 is 0 Å². The van der Waals surface area contributed by atoms with E-state index in [1.165, 1.54) is 16.1 Å². The van der Waals surface area contributed by atoms with E-state index in [1.807, 2.05) is 38.1 Å². The molecule has 0 saturated carbocycles. The average molecular weight is 340 g/mol. The molecule has 0 saturated heterocycles. The summed E-state index contributed by atoms with van der Waals surface area (Å²) in [6, 6.07) is 7.72. The summed E-state index contributed by atoms with van der Waals surface area (Å²) in [4.78, 5) is 12.0. The molecule has 0 aliphatic rings. The van der Waals surface area contributed by atoms with Crippen molar-refractivity contribution in [3.8, 4) is 0 Å². The van der Waals surface area contributed by atoms with Gasteiger partial charge in [-0.2, -0.15) is 0 Å². The molecule has 0 aliphatic heterocycles. The Bertz CT molecular complexity index is 607. The minimum atomic E-state index is -3.29. The number of nitrogens with one attached hydrogen (secondary N) is 1. The number of hydrogen-bond acceptors (Lipinski definition) is 3. The molecule has 0 spiro atoms. The predicted molar refractivity (Wildman–Crippen MR) is 95.0 cm³/mol. The molecule has 1 aromatic rings. The molecule has 1 N–H and O–H groups in total. The van der Waals surface area contributed by atoms with Crippen LogP contribution in [0.3, 0.4) is 0 Å². The van der Waals surface area contributed by atoms with E-state index in [0.29, 0.717) is 12.5 Å². The summed E-state index contributed by atoms with van der Waals surface area (Å²) in [7, 11) is -3.29. The lowest BCUT2D eigenvalue weighted by molar-refractivity contribution is -0.116. The quantitative estimate of drug-likeness (QED) is 0.791. The first-order valence-electron chi connectivity index (χ1n) is 7.94. The van der Waals surface area contributed by atoms with Crippen molar-refractivity contribution in [2.45, 2.75) is 40.0 Å². The minimum absolute atomic E-state index is 0.145. The second kappa shape index (κ2) is 8.45. The van der Waals surface area contributed by atoms with Crippen LogP contribution in [0.5, 0.6) is 0 Å². The van der Waals surface area contributed by atoms with Crippen molar-refractivity contribution in [3.63, 3.8) is 0 Å². The van der Waals surface area contributed by atoms with Gasteiger partial charge in [0.15, 0.2) is 0 Å². The summed E-state index contributed by atoms with van der Waals surface area (Å²) in [6.45, 7) is 8.76. The number of hydrogen-bond donors (Lipinski definition) is 1. The van der Waals surface area contributed by atoms with Crippen molar-refractivity contribution in [1.29, 1.82) is 0 Å². The minimum Gasteiger partial charge on any atom is -0.326 e. The number of anilines is 1. The zero-order valence-electron chi connectivity index (χ0n) is 14.7. The van der Waals surface area contributed by atoms with E-state index in [9.17, 15) is 13.2 Å². The molecule has 0 aromatic heterocycles. The molecule has 5 nitrogen and oxygen atoms in total. The molecule has 23 heavy (non-hydrogen) atoms. The second-order valence-corrected chi connectivity index (χ2v) is 8.57. The molecule has 0 radical (unpaired) electrons. The van der Waals surface area contributed by atoms with Gasteiger partial charge >= 0.3 is 0 Å². The highest BCUT2D eigenvalue weighted by Gasteiger charge is 2.18. The maximum atomic E-state index is 12.0. The maximum Gasteiger partial charge on any atom is 0.225 e. The lowest BCUT2D eigenvalue weighted by atomic mass is 10.0. The van der Waals surface area contributed by atoms with E-state index >= 15 is 0 Å². The summed E-state index contributed by atoms with van der Waals surface area (Å²) >= 11 is 0. The lowest BCUT2D eigenvalue weighted by Crippen LogP contribution is -2.35. The van der Waals surface area contributed by atoms with Gasteiger partial charge in [-0.25, -0.2) is 12.7 Å². The number of sulfonamides is 1. The zero-order valence-corrected chi connectivity index (χ0v) is 15.5. The van der Waals surface area contributed by atoms with Crippen LogP contribution in [0.2, 0.25) is 0 Å². The molecule has 0 fully saturated rings. The van der Waals surface area contributed by atoms with Gasteiger partial charge in [0, 0.05) is 25.2 Å². The van der Waals surface area contributed by atoms with Gasteiger partial charge in [0.2, 0.25) is 15.9 Å². The number of rotatable bonds is 8. The number of carbonyl (C=O) groups is 1. The molecule has 0 atom stereocenters. The normalized spacial score (nSPS) is 12.2. The molecule has 1 amide bonds. The molecule has 0 heterocycles. The van der Waals surface area contributed by atoms with E-state index in [1.54, 1.807) is 0 Å². The van der Waals surface area contributed by atoms with Crippen LogP contribution in [0.1, 0.15) is 45.6 Å². The Hall–Kier alpha value is -1.40. The number of nitrogens with zero attached hydrogens (tertiary/aromatic N) is 1. The number of benzene rings is 1. The van der Waals surface area contributed by atoms with E-state index in [-0.39, 0.29) is 24.8 Å². The monoisotopic (exact) mass is 340 g/mol. The van der Waals surface area contributed by atoms with E-state index in [2.05, 4.69) is 19.2 Å². The van der Waals surface area contributed by atoms with E-state index < -0.39 is 10.0 Å². The molecule has 0 unspecified atom stereocenters. The van der Waals surface area contributed by atoms with E-state index in [4.69, 9.17) is 0 Å². The molecule has 1 aromatic carbocycles. The third-order valence-corrected chi connectivity index (χ3v) is 4.76. The van der Waals surface area contributed by atoms with Gasteiger partial charge in [0.25, 0.3) is 0 Å². The fourth-order valence-electron chi connectivity index (χ4n) is 2.20. The second-order valence-electron chi connectivity index (χ2n) is 6.59. The molecule has 0 aliphatic carbocycles. The molecule has 130 valence electrons. The van der Waals surface area contributed by atoms with E-state index in [0.717, 1.165) is 5.69 Å². The Morgan fingerprint density at radius 1 is 1.13 bits per heavy atom. The van der Waals surface area contributed by atoms with Crippen molar-refractivity contribution in [2.24, 2.45) is 5.92 Å². The number of amides is 1. The predicted octanol–water partition coefficient (Wildman–Crippen LogP) is 3.06. The smallest absolute Gasteiger partial charge is 0.225 e. The number of carbonyl (C=O) groups excluding carboxylic acids is 1. The Balaban J connectivity index is 2.58. The Morgan fingerprint density at radius 2 is 1.70 bits per heavy atom. The highest BCUT2D eigenvalue weighted by molar-refractivity contribution is 7.88. The average Bonchev–Trinajstić information content (AvgIpc) is 2.42. The van der Waals surface area contributed by atoms with Gasteiger partial charge in [-0.3, -0.25) is 4.79 Å². The van der Waals surface area contributed by atoms with Crippen LogP contribution in [0.15, 0.2) is 24.3 Å². The first kappa shape index (κ1) is 19.6. The van der Waals surface area contributed by atoms with Crippen molar-refractivity contribution in [2.75, 3.05) is 24.7 Å². The standard InChI is InChI=1S/C17H28N2O3S/c1-13(2)12-19(23(5,21)22)11-10-17(20)18-16-8-6-15(7-9-16)14(3)4/h6-9,13-14H,10-12H2,1-5H3,(H,18,20). The molecular weight excluding hydrogens is 312 g/mol.